The minimum absolute atomic E-state index is 0.281. The van der Waals surface area contributed by atoms with Crippen LogP contribution in [0.4, 0.5) is 0 Å². The Labute approximate surface area is 119 Å². The summed E-state index contributed by atoms with van der Waals surface area (Å²) in [6.07, 6.45) is 11.0. The van der Waals surface area contributed by atoms with Gasteiger partial charge in [0.05, 0.1) is 0 Å². The minimum atomic E-state index is -0.681. The van der Waals surface area contributed by atoms with E-state index in [-0.39, 0.29) is 12.0 Å². The zero-order valence-corrected chi connectivity index (χ0v) is 13.3. The first kappa shape index (κ1) is 18.4. The van der Waals surface area contributed by atoms with Gasteiger partial charge in [0.15, 0.2) is 0 Å². The van der Waals surface area contributed by atoms with Crippen LogP contribution in [0.5, 0.6) is 0 Å². The van der Waals surface area contributed by atoms with Gasteiger partial charge in [-0.2, -0.15) is 0 Å². The summed E-state index contributed by atoms with van der Waals surface area (Å²) >= 11 is 0. The molecule has 0 aromatic carbocycles. The molecule has 0 bridgehead atoms. The van der Waals surface area contributed by atoms with Crippen LogP contribution in [-0.2, 0) is 4.79 Å². The van der Waals surface area contributed by atoms with Gasteiger partial charge in [0, 0.05) is 0 Å². The van der Waals surface area contributed by atoms with Gasteiger partial charge < -0.3 is 5.11 Å². The molecule has 19 heavy (non-hydrogen) atoms. The highest BCUT2D eigenvalue weighted by molar-refractivity contribution is 5.73. The average Bonchev–Trinajstić information content (AvgIpc) is 2.35. The van der Waals surface area contributed by atoms with Crippen LogP contribution in [-0.4, -0.2) is 36.1 Å². The molecule has 0 aliphatic rings. The Bertz CT molecular complexity index is 229. The van der Waals surface area contributed by atoms with Crippen LogP contribution in [0.25, 0.3) is 0 Å². The molecule has 3 nitrogen and oxygen atoms in total. The molecular weight excluding hydrogens is 238 g/mol. The lowest BCUT2D eigenvalue weighted by Gasteiger charge is -2.28. The van der Waals surface area contributed by atoms with Crippen LogP contribution in [0.3, 0.4) is 0 Å². The third kappa shape index (κ3) is 8.25. The van der Waals surface area contributed by atoms with Crippen LogP contribution in [0.1, 0.15) is 71.6 Å². The molecular formula is C16H33NO2. The Morgan fingerprint density at radius 1 is 1.00 bits per heavy atom. The fraction of sp³-hybridized carbons (Fsp3) is 0.938. The number of aliphatic carboxylic acids is 1. The Hall–Kier alpha value is -0.570. The molecule has 2 atom stereocenters. The van der Waals surface area contributed by atoms with Crippen molar-refractivity contribution >= 4 is 5.97 Å². The Kier molecular flexibility index (Phi) is 10.9. The maximum absolute atomic E-state index is 11.3. The SMILES string of the molecule is CCCCCCCCCC(CC)C(C(=O)O)N(C)C. The average molecular weight is 271 g/mol. The third-order valence-electron chi connectivity index (χ3n) is 3.96. The van der Waals surface area contributed by atoms with E-state index in [9.17, 15) is 9.90 Å². The second-order valence-electron chi connectivity index (χ2n) is 5.83. The van der Waals surface area contributed by atoms with Crippen molar-refractivity contribution in [3.63, 3.8) is 0 Å². The highest BCUT2D eigenvalue weighted by Crippen LogP contribution is 2.21. The number of rotatable bonds is 12. The van der Waals surface area contributed by atoms with Gasteiger partial charge in [-0.05, 0) is 26.4 Å². The molecule has 0 aliphatic heterocycles. The van der Waals surface area contributed by atoms with E-state index in [0.717, 1.165) is 12.8 Å². The molecule has 2 unspecified atom stereocenters. The van der Waals surface area contributed by atoms with Crippen LogP contribution in [0, 0.1) is 5.92 Å². The fourth-order valence-electron chi connectivity index (χ4n) is 2.79. The third-order valence-corrected chi connectivity index (χ3v) is 3.96. The van der Waals surface area contributed by atoms with Gasteiger partial charge in [-0.3, -0.25) is 9.69 Å². The van der Waals surface area contributed by atoms with Crippen LogP contribution < -0.4 is 0 Å². The lowest BCUT2D eigenvalue weighted by Crippen LogP contribution is -2.41. The highest BCUT2D eigenvalue weighted by atomic mass is 16.4. The second-order valence-corrected chi connectivity index (χ2v) is 5.83. The maximum atomic E-state index is 11.3. The summed E-state index contributed by atoms with van der Waals surface area (Å²) in [6, 6.07) is -0.329. The molecule has 0 amide bonds. The summed E-state index contributed by atoms with van der Waals surface area (Å²) in [4.78, 5) is 13.2. The molecule has 0 saturated heterocycles. The summed E-state index contributed by atoms with van der Waals surface area (Å²) in [5, 5.41) is 9.30. The Balaban J connectivity index is 3.89. The number of carboxylic acid groups (broad SMARTS) is 1. The molecule has 0 spiro atoms. The smallest absolute Gasteiger partial charge is 0.321 e. The van der Waals surface area contributed by atoms with Gasteiger partial charge in [-0.15, -0.1) is 0 Å². The summed E-state index contributed by atoms with van der Waals surface area (Å²) in [6.45, 7) is 4.34. The van der Waals surface area contributed by atoms with Gasteiger partial charge in [-0.25, -0.2) is 0 Å². The number of hydrogen-bond donors (Lipinski definition) is 1. The van der Waals surface area contributed by atoms with E-state index in [1.165, 1.54) is 44.9 Å². The number of nitrogens with zero attached hydrogens (tertiary/aromatic N) is 1. The van der Waals surface area contributed by atoms with Crippen LogP contribution >= 0.6 is 0 Å². The standard InChI is InChI=1S/C16H33NO2/c1-5-7-8-9-10-11-12-13-14(6-2)15(16(18)19)17(3)4/h14-15H,5-13H2,1-4H3,(H,18,19). The molecule has 0 aromatic heterocycles. The molecule has 0 heterocycles. The number of hydrogen-bond acceptors (Lipinski definition) is 2. The van der Waals surface area contributed by atoms with Crippen molar-refractivity contribution in [3.8, 4) is 0 Å². The van der Waals surface area contributed by atoms with E-state index in [2.05, 4.69) is 13.8 Å². The molecule has 0 fully saturated rings. The maximum Gasteiger partial charge on any atom is 0.321 e. The molecule has 1 N–H and O–H groups in total. The van der Waals surface area contributed by atoms with Crippen molar-refractivity contribution in [2.45, 2.75) is 77.7 Å². The first-order valence-corrected chi connectivity index (χ1v) is 7.93. The van der Waals surface area contributed by atoms with Crippen molar-refractivity contribution in [1.82, 2.24) is 4.90 Å². The largest absolute Gasteiger partial charge is 0.480 e. The zero-order valence-electron chi connectivity index (χ0n) is 13.3. The topological polar surface area (TPSA) is 40.5 Å². The predicted molar refractivity (Wildman–Crippen MR) is 81.5 cm³/mol. The monoisotopic (exact) mass is 271 g/mol. The van der Waals surface area contributed by atoms with Crippen molar-refractivity contribution in [3.05, 3.63) is 0 Å². The minimum Gasteiger partial charge on any atom is -0.480 e. The second kappa shape index (κ2) is 11.3. The number of carboxylic acids is 1. The van der Waals surface area contributed by atoms with Crippen LogP contribution in [0.15, 0.2) is 0 Å². The van der Waals surface area contributed by atoms with Crippen molar-refractivity contribution in [2.24, 2.45) is 5.92 Å². The van der Waals surface area contributed by atoms with Gasteiger partial charge >= 0.3 is 5.97 Å². The van der Waals surface area contributed by atoms with Crippen molar-refractivity contribution in [2.75, 3.05) is 14.1 Å². The molecule has 0 rings (SSSR count). The van der Waals surface area contributed by atoms with Crippen LogP contribution in [0.2, 0.25) is 0 Å². The lowest BCUT2D eigenvalue weighted by atomic mass is 9.90. The molecule has 0 aromatic rings. The van der Waals surface area contributed by atoms with E-state index in [1.807, 2.05) is 19.0 Å². The quantitative estimate of drug-likeness (QED) is 0.542. The van der Waals surface area contributed by atoms with E-state index >= 15 is 0 Å². The van der Waals surface area contributed by atoms with Crippen molar-refractivity contribution < 1.29 is 9.90 Å². The van der Waals surface area contributed by atoms with Gasteiger partial charge in [0.2, 0.25) is 0 Å². The fourth-order valence-corrected chi connectivity index (χ4v) is 2.79. The first-order valence-electron chi connectivity index (χ1n) is 7.93. The molecule has 3 heteroatoms. The summed E-state index contributed by atoms with van der Waals surface area (Å²) < 4.78 is 0. The summed E-state index contributed by atoms with van der Waals surface area (Å²) in [5.41, 5.74) is 0. The van der Waals surface area contributed by atoms with Crippen molar-refractivity contribution in [1.29, 1.82) is 0 Å². The Morgan fingerprint density at radius 2 is 1.53 bits per heavy atom. The normalized spacial score (nSPS) is 14.6. The highest BCUT2D eigenvalue weighted by Gasteiger charge is 2.28. The van der Waals surface area contributed by atoms with E-state index in [1.54, 1.807) is 0 Å². The summed E-state index contributed by atoms with van der Waals surface area (Å²) in [7, 11) is 3.73. The number of carbonyl (C=O) groups is 1. The van der Waals surface area contributed by atoms with Gasteiger partial charge in [0.25, 0.3) is 0 Å². The molecule has 0 saturated carbocycles. The summed E-state index contributed by atoms with van der Waals surface area (Å²) in [5.74, 6) is -0.400. The first-order chi connectivity index (χ1) is 9.04. The predicted octanol–water partition coefficient (Wildman–Crippen LogP) is 4.17. The molecule has 0 aliphatic carbocycles. The molecule has 114 valence electrons. The van der Waals surface area contributed by atoms with E-state index < -0.39 is 5.97 Å². The molecule has 0 radical (unpaired) electrons. The number of likely N-dealkylation sites (N-methyl/N-ethyl adjacent to an activating group) is 1. The van der Waals surface area contributed by atoms with E-state index in [4.69, 9.17) is 0 Å². The Morgan fingerprint density at radius 3 is 1.95 bits per heavy atom. The zero-order chi connectivity index (χ0) is 14.7. The lowest BCUT2D eigenvalue weighted by molar-refractivity contribution is -0.144. The van der Waals surface area contributed by atoms with Gasteiger partial charge in [0.1, 0.15) is 6.04 Å². The van der Waals surface area contributed by atoms with E-state index in [0.29, 0.717) is 0 Å². The van der Waals surface area contributed by atoms with Gasteiger partial charge in [-0.1, -0.05) is 65.2 Å². The number of unbranched alkanes of at least 4 members (excludes halogenated alkanes) is 6.